The highest BCUT2D eigenvalue weighted by Crippen LogP contribution is 2.25. The fourth-order valence-electron chi connectivity index (χ4n) is 1.57. The lowest BCUT2D eigenvalue weighted by atomic mass is 10.0. The van der Waals surface area contributed by atoms with E-state index in [4.69, 9.17) is 22.6 Å². The summed E-state index contributed by atoms with van der Waals surface area (Å²) in [4.78, 5) is 6.15. The molecule has 98 valence electrons. The van der Waals surface area contributed by atoms with Crippen molar-refractivity contribution in [3.63, 3.8) is 0 Å². The Morgan fingerprint density at radius 3 is 2.78 bits per heavy atom. The monoisotopic (exact) mass is 266 g/mol. The molecule has 0 spiro atoms. The molecule has 1 aromatic heterocycles. The zero-order valence-corrected chi connectivity index (χ0v) is 11.8. The Morgan fingerprint density at radius 1 is 1.56 bits per heavy atom. The molecule has 0 aliphatic carbocycles. The van der Waals surface area contributed by atoms with Gasteiger partial charge >= 0.3 is 0 Å². The van der Waals surface area contributed by atoms with Crippen LogP contribution in [0.4, 0.5) is 5.82 Å². The summed E-state index contributed by atoms with van der Waals surface area (Å²) in [5.74, 6) is 1.08. The maximum absolute atomic E-state index is 8.91. The third kappa shape index (κ3) is 3.59. The molecule has 0 aliphatic heterocycles. The van der Waals surface area contributed by atoms with E-state index in [1.165, 1.54) is 0 Å². The molecule has 4 nitrogen and oxygen atoms in total. The summed E-state index contributed by atoms with van der Waals surface area (Å²) >= 11 is 6.12. The highest BCUT2D eigenvalue weighted by molar-refractivity contribution is 6.34. The second-order valence-electron chi connectivity index (χ2n) is 4.73. The average Bonchev–Trinajstić information content (AvgIpc) is 2.35. The molecule has 0 saturated heterocycles. The van der Waals surface area contributed by atoms with Gasteiger partial charge in [-0.2, -0.15) is 5.26 Å². The minimum Gasteiger partial charge on any atom is -0.358 e. The lowest BCUT2D eigenvalue weighted by Gasteiger charge is -2.23. The molecule has 0 fully saturated rings. The Kier molecular flexibility index (Phi) is 5.39. The van der Waals surface area contributed by atoms with Gasteiger partial charge in [0, 0.05) is 25.8 Å². The van der Waals surface area contributed by atoms with Crippen LogP contribution in [0.5, 0.6) is 0 Å². The van der Waals surface area contributed by atoms with Crippen molar-refractivity contribution in [1.82, 2.24) is 4.98 Å². The highest BCUT2D eigenvalue weighted by Gasteiger charge is 2.13. The zero-order valence-electron chi connectivity index (χ0n) is 11.0. The van der Waals surface area contributed by atoms with Crippen LogP contribution in [-0.2, 0) is 0 Å². The van der Waals surface area contributed by atoms with Gasteiger partial charge < -0.3 is 10.6 Å². The van der Waals surface area contributed by atoms with E-state index in [-0.39, 0.29) is 6.04 Å². The molecule has 1 unspecified atom stereocenters. The number of aromatic nitrogens is 1. The van der Waals surface area contributed by atoms with Gasteiger partial charge in [0.2, 0.25) is 0 Å². The van der Waals surface area contributed by atoms with Gasteiger partial charge in [-0.1, -0.05) is 25.4 Å². The Labute approximate surface area is 113 Å². The van der Waals surface area contributed by atoms with Crippen molar-refractivity contribution in [2.75, 3.05) is 18.5 Å². The van der Waals surface area contributed by atoms with Gasteiger partial charge in [0.25, 0.3) is 0 Å². The summed E-state index contributed by atoms with van der Waals surface area (Å²) in [6.45, 7) is 4.97. The first-order valence-corrected chi connectivity index (χ1v) is 6.36. The lowest BCUT2D eigenvalue weighted by Crippen LogP contribution is -2.32. The summed E-state index contributed by atoms with van der Waals surface area (Å²) in [5, 5.41) is 9.32. The van der Waals surface area contributed by atoms with E-state index in [2.05, 4.69) is 24.9 Å². The summed E-state index contributed by atoms with van der Waals surface area (Å²) in [6, 6.07) is 3.82. The fourth-order valence-corrected chi connectivity index (χ4v) is 1.87. The largest absolute Gasteiger partial charge is 0.358 e. The van der Waals surface area contributed by atoms with Gasteiger partial charge in [-0.25, -0.2) is 4.98 Å². The average molecular weight is 267 g/mol. The summed E-state index contributed by atoms with van der Waals surface area (Å²) in [6.07, 6.45) is 2.46. The van der Waals surface area contributed by atoms with Gasteiger partial charge in [0.05, 0.1) is 5.56 Å². The normalized spacial score (nSPS) is 12.3. The zero-order chi connectivity index (χ0) is 13.7. The molecule has 0 aliphatic rings. The first-order chi connectivity index (χ1) is 8.47. The van der Waals surface area contributed by atoms with Gasteiger partial charge in [0.15, 0.2) is 0 Å². The number of hydrogen-bond acceptors (Lipinski definition) is 4. The molecular formula is C13H19ClN4. The van der Waals surface area contributed by atoms with Gasteiger partial charge in [-0.15, -0.1) is 0 Å². The number of pyridine rings is 1. The first kappa shape index (κ1) is 14.7. The van der Waals surface area contributed by atoms with E-state index in [1.807, 2.05) is 11.9 Å². The summed E-state index contributed by atoms with van der Waals surface area (Å²) in [5.41, 5.74) is 6.45. The number of halogens is 1. The van der Waals surface area contributed by atoms with E-state index < -0.39 is 0 Å². The first-order valence-electron chi connectivity index (χ1n) is 5.98. The highest BCUT2D eigenvalue weighted by atomic mass is 35.5. The molecule has 5 heteroatoms. The molecule has 0 bridgehead atoms. The Bertz CT molecular complexity index is 439. The Hall–Kier alpha value is -1.31. The molecule has 0 amide bonds. The molecule has 0 aromatic carbocycles. The van der Waals surface area contributed by atoms with Crippen molar-refractivity contribution in [3.8, 4) is 6.07 Å². The summed E-state index contributed by atoms with van der Waals surface area (Å²) < 4.78 is 0. The quantitative estimate of drug-likeness (QED) is 0.889. The van der Waals surface area contributed by atoms with E-state index in [1.54, 1.807) is 12.3 Å². The number of hydrogen-bond donors (Lipinski definition) is 1. The third-order valence-electron chi connectivity index (χ3n) is 3.01. The van der Waals surface area contributed by atoms with E-state index >= 15 is 0 Å². The van der Waals surface area contributed by atoms with Crippen molar-refractivity contribution in [2.24, 2.45) is 11.7 Å². The van der Waals surface area contributed by atoms with Crippen LogP contribution in [-0.4, -0.2) is 24.6 Å². The smallest absolute Gasteiger partial charge is 0.148 e. The van der Waals surface area contributed by atoms with Gasteiger partial charge in [-0.05, 0) is 18.4 Å². The van der Waals surface area contributed by atoms with Gasteiger partial charge in [0.1, 0.15) is 16.9 Å². The number of rotatable bonds is 5. The van der Waals surface area contributed by atoms with Crippen molar-refractivity contribution < 1.29 is 0 Å². The predicted molar refractivity (Wildman–Crippen MR) is 74.7 cm³/mol. The molecule has 1 atom stereocenters. The standard InChI is InChI=1S/C13H19ClN4/c1-9(2)11(16)5-7-18(3)13-12(14)10(8-15)4-6-17-13/h4,6,9,11H,5,7,16H2,1-3H3. The molecule has 1 aromatic rings. The maximum atomic E-state index is 8.91. The molecule has 1 heterocycles. The molecule has 2 N–H and O–H groups in total. The molecular weight excluding hydrogens is 248 g/mol. The Balaban J connectivity index is 2.73. The Morgan fingerprint density at radius 2 is 2.22 bits per heavy atom. The molecule has 0 radical (unpaired) electrons. The SMILES string of the molecule is CC(C)C(N)CCN(C)c1nccc(C#N)c1Cl. The maximum Gasteiger partial charge on any atom is 0.148 e. The van der Waals surface area contributed by atoms with Crippen LogP contribution in [0.25, 0.3) is 0 Å². The van der Waals surface area contributed by atoms with Crippen LogP contribution < -0.4 is 10.6 Å². The van der Waals surface area contributed by atoms with Crippen LogP contribution in [0.15, 0.2) is 12.3 Å². The molecule has 1 rings (SSSR count). The number of nitrogens with two attached hydrogens (primary N) is 1. The summed E-state index contributed by atoms with van der Waals surface area (Å²) in [7, 11) is 1.91. The van der Waals surface area contributed by atoms with Crippen LogP contribution in [0.2, 0.25) is 5.02 Å². The number of nitrogens with zero attached hydrogens (tertiary/aromatic N) is 3. The predicted octanol–water partition coefficient (Wildman–Crippen LogP) is 2.42. The van der Waals surface area contributed by atoms with Crippen LogP contribution in [0.3, 0.4) is 0 Å². The van der Waals surface area contributed by atoms with Crippen molar-refractivity contribution in [2.45, 2.75) is 26.3 Å². The van der Waals surface area contributed by atoms with E-state index in [0.29, 0.717) is 22.3 Å². The lowest BCUT2D eigenvalue weighted by molar-refractivity contribution is 0.466. The minimum atomic E-state index is 0.158. The van der Waals surface area contributed by atoms with Crippen LogP contribution in [0.1, 0.15) is 25.8 Å². The van der Waals surface area contributed by atoms with E-state index in [0.717, 1.165) is 13.0 Å². The molecule has 0 saturated carbocycles. The fraction of sp³-hybridized carbons (Fsp3) is 0.538. The van der Waals surface area contributed by atoms with Crippen molar-refractivity contribution in [3.05, 3.63) is 22.8 Å². The molecule has 18 heavy (non-hydrogen) atoms. The van der Waals surface area contributed by atoms with Crippen LogP contribution >= 0.6 is 11.6 Å². The van der Waals surface area contributed by atoms with E-state index in [9.17, 15) is 0 Å². The second-order valence-corrected chi connectivity index (χ2v) is 5.10. The topological polar surface area (TPSA) is 65.9 Å². The van der Waals surface area contributed by atoms with Crippen molar-refractivity contribution in [1.29, 1.82) is 5.26 Å². The number of nitriles is 1. The van der Waals surface area contributed by atoms with Crippen molar-refractivity contribution >= 4 is 17.4 Å². The minimum absolute atomic E-state index is 0.158. The number of anilines is 1. The van der Waals surface area contributed by atoms with Gasteiger partial charge in [-0.3, -0.25) is 0 Å². The van der Waals surface area contributed by atoms with Crippen LogP contribution in [0, 0.1) is 17.2 Å². The third-order valence-corrected chi connectivity index (χ3v) is 3.38. The second kappa shape index (κ2) is 6.58.